The van der Waals surface area contributed by atoms with Crippen LogP contribution in [0.1, 0.15) is 23.1 Å². The molecule has 2 aromatic carbocycles. The first-order valence-electron chi connectivity index (χ1n) is 6.90. The number of hydrogen-bond donors (Lipinski definition) is 1. The van der Waals surface area contributed by atoms with E-state index in [4.69, 9.17) is 5.41 Å². The second-order valence-corrected chi connectivity index (χ2v) is 5.16. The number of nitrogens with zero attached hydrogens (tertiary/aromatic N) is 1. The van der Waals surface area contributed by atoms with Crippen molar-refractivity contribution in [2.24, 2.45) is 0 Å². The van der Waals surface area contributed by atoms with Crippen molar-refractivity contribution < 1.29 is 4.39 Å². The van der Waals surface area contributed by atoms with E-state index in [1.807, 2.05) is 23.1 Å². The highest BCUT2D eigenvalue weighted by molar-refractivity contribution is 6.00. The summed E-state index contributed by atoms with van der Waals surface area (Å²) in [4.78, 5) is 2.02. The molecule has 0 amide bonds. The standard InChI is InChI=1S/C17H17FN2/c18-15-9-8-14-12-20(17(19)16(14)11-15)10-4-7-13-5-2-1-3-6-13/h1-3,5-6,8-9,11,19H,4,7,10,12H2. The zero-order valence-corrected chi connectivity index (χ0v) is 11.3. The molecule has 3 rings (SSSR count). The van der Waals surface area contributed by atoms with E-state index in [2.05, 4.69) is 12.1 Å². The van der Waals surface area contributed by atoms with Crippen LogP contribution in [0, 0.1) is 11.2 Å². The van der Waals surface area contributed by atoms with Crippen LogP contribution in [0.3, 0.4) is 0 Å². The van der Waals surface area contributed by atoms with Gasteiger partial charge in [0.2, 0.25) is 0 Å². The summed E-state index contributed by atoms with van der Waals surface area (Å²) in [5, 5.41) is 8.13. The van der Waals surface area contributed by atoms with Crippen molar-refractivity contribution in [1.29, 1.82) is 5.41 Å². The highest BCUT2D eigenvalue weighted by Gasteiger charge is 2.23. The molecule has 20 heavy (non-hydrogen) atoms. The summed E-state index contributed by atoms with van der Waals surface area (Å²) in [5.41, 5.74) is 3.11. The van der Waals surface area contributed by atoms with E-state index in [1.165, 1.54) is 17.7 Å². The SMILES string of the molecule is N=C1c2cc(F)ccc2CN1CCCc1ccccc1. The van der Waals surface area contributed by atoms with Gasteiger partial charge in [0.05, 0.1) is 0 Å². The van der Waals surface area contributed by atoms with Gasteiger partial charge in [-0.25, -0.2) is 4.39 Å². The molecule has 0 aliphatic carbocycles. The first-order valence-corrected chi connectivity index (χ1v) is 6.90. The van der Waals surface area contributed by atoms with Gasteiger partial charge in [-0.15, -0.1) is 0 Å². The van der Waals surface area contributed by atoms with E-state index in [-0.39, 0.29) is 5.82 Å². The number of fused-ring (bicyclic) bond motifs is 1. The van der Waals surface area contributed by atoms with Crippen LogP contribution in [0.25, 0.3) is 0 Å². The van der Waals surface area contributed by atoms with Crippen LogP contribution in [-0.2, 0) is 13.0 Å². The normalized spacial score (nSPS) is 13.7. The minimum absolute atomic E-state index is 0.264. The quantitative estimate of drug-likeness (QED) is 0.901. The smallest absolute Gasteiger partial charge is 0.128 e. The minimum atomic E-state index is -0.264. The van der Waals surface area contributed by atoms with Crippen LogP contribution < -0.4 is 0 Å². The van der Waals surface area contributed by atoms with Crippen LogP contribution in [0.4, 0.5) is 4.39 Å². The fourth-order valence-corrected chi connectivity index (χ4v) is 2.67. The third-order valence-corrected chi connectivity index (χ3v) is 3.74. The third-order valence-electron chi connectivity index (χ3n) is 3.74. The molecule has 1 aliphatic heterocycles. The predicted molar refractivity (Wildman–Crippen MR) is 78.4 cm³/mol. The van der Waals surface area contributed by atoms with Crippen molar-refractivity contribution in [1.82, 2.24) is 4.90 Å². The lowest BCUT2D eigenvalue weighted by Crippen LogP contribution is -2.25. The molecule has 0 saturated carbocycles. The first-order chi connectivity index (χ1) is 9.74. The fraction of sp³-hybridized carbons (Fsp3) is 0.235. The van der Waals surface area contributed by atoms with Gasteiger partial charge in [-0.2, -0.15) is 0 Å². The van der Waals surface area contributed by atoms with E-state index in [0.29, 0.717) is 5.84 Å². The first kappa shape index (κ1) is 12.9. The number of nitrogens with one attached hydrogen (secondary N) is 1. The lowest BCUT2D eigenvalue weighted by Gasteiger charge is -2.17. The Bertz CT molecular complexity index is 622. The number of benzene rings is 2. The molecule has 1 heterocycles. The molecule has 1 aliphatic rings. The monoisotopic (exact) mass is 268 g/mol. The van der Waals surface area contributed by atoms with E-state index in [0.717, 1.165) is 37.1 Å². The molecular formula is C17H17FN2. The van der Waals surface area contributed by atoms with Gasteiger partial charge in [0.1, 0.15) is 11.7 Å². The maximum absolute atomic E-state index is 13.2. The molecule has 0 radical (unpaired) electrons. The Labute approximate surface area is 118 Å². The molecule has 2 nitrogen and oxygen atoms in total. The van der Waals surface area contributed by atoms with Crippen LogP contribution in [-0.4, -0.2) is 17.3 Å². The Hall–Kier alpha value is -2.16. The van der Waals surface area contributed by atoms with Gasteiger partial charge in [-0.3, -0.25) is 5.41 Å². The van der Waals surface area contributed by atoms with Crippen LogP contribution >= 0.6 is 0 Å². The van der Waals surface area contributed by atoms with Crippen molar-refractivity contribution >= 4 is 5.84 Å². The highest BCUT2D eigenvalue weighted by atomic mass is 19.1. The van der Waals surface area contributed by atoms with E-state index in [1.54, 1.807) is 6.07 Å². The summed E-state index contributed by atoms with van der Waals surface area (Å²) in [7, 11) is 0. The van der Waals surface area contributed by atoms with Gasteiger partial charge in [-0.05, 0) is 36.1 Å². The minimum Gasteiger partial charge on any atom is -0.352 e. The molecule has 2 aromatic rings. The van der Waals surface area contributed by atoms with Crippen molar-refractivity contribution in [3.63, 3.8) is 0 Å². The Morgan fingerprint density at radius 2 is 1.90 bits per heavy atom. The molecule has 0 saturated heterocycles. The second-order valence-electron chi connectivity index (χ2n) is 5.16. The molecule has 0 spiro atoms. The van der Waals surface area contributed by atoms with Crippen LogP contribution in [0.15, 0.2) is 48.5 Å². The molecule has 0 bridgehead atoms. The molecule has 3 heteroatoms. The molecule has 0 atom stereocenters. The average molecular weight is 268 g/mol. The lowest BCUT2D eigenvalue weighted by molar-refractivity contribution is 0.418. The number of halogens is 1. The Balaban J connectivity index is 1.59. The Morgan fingerprint density at radius 3 is 2.70 bits per heavy atom. The molecule has 1 N–H and O–H groups in total. The zero-order chi connectivity index (χ0) is 13.9. The zero-order valence-electron chi connectivity index (χ0n) is 11.3. The van der Waals surface area contributed by atoms with Gasteiger partial charge in [-0.1, -0.05) is 36.4 Å². The highest BCUT2D eigenvalue weighted by Crippen LogP contribution is 2.23. The maximum atomic E-state index is 13.2. The maximum Gasteiger partial charge on any atom is 0.128 e. The second kappa shape index (κ2) is 5.45. The van der Waals surface area contributed by atoms with Crippen molar-refractivity contribution in [3.05, 3.63) is 71.0 Å². The van der Waals surface area contributed by atoms with Gasteiger partial charge < -0.3 is 4.90 Å². The summed E-state index contributed by atoms with van der Waals surface area (Å²) in [6, 6.07) is 15.1. The predicted octanol–water partition coefficient (Wildman–Crippen LogP) is 3.60. The van der Waals surface area contributed by atoms with Crippen LogP contribution in [0.5, 0.6) is 0 Å². The average Bonchev–Trinajstić information content (AvgIpc) is 2.77. The number of rotatable bonds is 4. The number of hydrogen-bond acceptors (Lipinski definition) is 1. The van der Waals surface area contributed by atoms with Crippen molar-refractivity contribution in [3.8, 4) is 0 Å². The summed E-state index contributed by atoms with van der Waals surface area (Å²) in [5.74, 6) is 0.187. The van der Waals surface area contributed by atoms with Crippen molar-refractivity contribution in [2.45, 2.75) is 19.4 Å². The Kier molecular flexibility index (Phi) is 3.50. The largest absolute Gasteiger partial charge is 0.352 e. The van der Waals surface area contributed by atoms with Gasteiger partial charge in [0.15, 0.2) is 0 Å². The summed E-state index contributed by atoms with van der Waals surface area (Å²) < 4.78 is 13.2. The molecular weight excluding hydrogens is 251 g/mol. The summed E-state index contributed by atoms with van der Waals surface area (Å²) >= 11 is 0. The fourth-order valence-electron chi connectivity index (χ4n) is 2.67. The van der Waals surface area contributed by atoms with Crippen molar-refractivity contribution in [2.75, 3.05) is 6.54 Å². The topological polar surface area (TPSA) is 27.1 Å². The number of amidine groups is 1. The molecule has 0 aromatic heterocycles. The number of aryl methyl sites for hydroxylation is 1. The summed E-state index contributed by atoms with van der Waals surface area (Å²) in [6.07, 6.45) is 2.01. The van der Waals surface area contributed by atoms with Gasteiger partial charge >= 0.3 is 0 Å². The molecule has 0 unspecified atom stereocenters. The van der Waals surface area contributed by atoms with E-state index in [9.17, 15) is 4.39 Å². The van der Waals surface area contributed by atoms with Gasteiger partial charge in [0.25, 0.3) is 0 Å². The van der Waals surface area contributed by atoms with E-state index < -0.39 is 0 Å². The molecule has 102 valence electrons. The molecule has 0 fully saturated rings. The lowest BCUT2D eigenvalue weighted by atomic mass is 10.1. The van der Waals surface area contributed by atoms with E-state index >= 15 is 0 Å². The summed E-state index contributed by atoms with van der Waals surface area (Å²) in [6.45, 7) is 1.56. The van der Waals surface area contributed by atoms with Crippen LogP contribution in [0.2, 0.25) is 0 Å². The van der Waals surface area contributed by atoms with Gasteiger partial charge in [0, 0.05) is 18.7 Å². The third kappa shape index (κ3) is 2.57. The Morgan fingerprint density at radius 1 is 1.10 bits per heavy atom.